The van der Waals surface area contributed by atoms with Gasteiger partial charge in [-0.25, -0.2) is 9.59 Å². The Kier molecular flexibility index (Phi) is 6.73. The molecule has 0 spiro atoms. The third-order valence-electron chi connectivity index (χ3n) is 4.75. The Morgan fingerprint density at radius 2 is 1.73 bits per heavy atom. The second kappa shape index (κ2) is 9.27. The van der Waals surface area contributed by atoms with E-state index >= 15 is 0 Å². The molecule has 0 radical (unpaired) electrons. The molecule has 2 aromatic carbocycles. The summed E-state index contributed by atoms with van der Waals surface area (Å²) in [6.07, 6.45) is -1.66. The topological polar surface area (TPSA) is 99.2 Å². The fourth-order valence-corrected chi connectivity index (χ4v) is 4.25. The maximum atomic E-state index is 12.6. The Morgan fingerprint density at radius 1 is 1.07 bits per heavy atom. The van der Waals surface area contributed by atoms with Crippen LogP contribution in [0, 0.1) is 6.92 Å². The van der Waals surface area contributed by atoms with Crippen LogP contribution in [-0.2, 0) is 35.2 Å². The summed E-state index contributed by atoms with van der Waals surface area (Å²) in [5.41, 5.74) is 1.70. The fourth-order valence-electron chi connectivity index (χ4n) is 3.17. The zero-order valence-electron chi connectivity index (χ0n) is 16.7. The van der Waals surface area contributed by atoms with E-state index in [2.05, 4.69) is 0 Å². The molecular weight excluding hydrogens is 410 g/mol. The van der Waals surface area contributed by atoms with Gasteiger partial charge in [0.25, 0.3) is 10.1 Å². The molecule has 2 atom stereocenters. The summed E-state index contributed by atoms with van der Waals surface area (Å²) in [6, 6.07) is 14.3. The van der Waals surface area contributed by atoms with Gasteiger partial charge in [-0.1, -0.05) is 48.0 Å². The maximum Gasteiger partial charge on any atom is 0.410 e. The number of benzene rings is 2. The molecule has 160 valence electrons. The van der Waals surface area contributed by atoms with Gasteiger partial charge in [0.05, 0.1) is 24.7 Å². The second-order valence-electron chi connectivity index (χ2n) is 6.95. The van der Waals surface area contributed by atoms with Crippen molar-refractivity contribution >= 4 is 22.2 Å². The van der Waals surface area contributed by atoms with Crippen LogP contribution in [0.25, 0.3) is 0 Å². The van der Waals surface area contributed by atoms with E-state index in [9.17, 15) is 18.0 Å². The highest BCUT2D eigenvalue weighted by molar-refractivity contribution is 7.86. The van der Waals surface area contributed by atoms with Crippen LogP contribution in [0.3, 0.4) is 0 Å². The average molecular weight is 433 g/mol. The predicted molar refractivity (Wildman–Crippen MR) is 107 cm³/mol. The minimum absolute atomic E-state index is 0.00724. The van der Waals surface area contributed by atoms with Crippen molar-refractivity contribution in [1.82, 2.24) is 4.90 Å². The number of amides is 1. The second-order valence-corrected chi connectivity index (χ2v) is 8.52. The van der Waals surface area contributed by atoms with Gasteiger partial charge < -0.3 is 9.47 Å². The van der Waals surface area contributed by atoms with Crippen molar-refractivity contribution in [3.63, 3.8) is 0 Å². The molecule has 1 unspecified atom stereocenters. The van der Waals surface area contributed by atoms with Crippen molar-refractivity contribution in [2.45, 2.75) is 37.0 Å². The van der Waals surface area contributed by atoms with Crippen molar-refractivity contribution in [3.8, 4) is 0 Å². The summed E-state index contributed by atoms with van der Waals surface area (Å²) in [5.74, 6) is -0.662. The number of hydrogen-bond acceptors (Lipinski definition) is 7. The lowest BCUT2D eigenvalue weighted by Crippen LogP contribution is -2.41. The molecule has 1 heterocycles. The first-order chi connectivity index (χ1) is 14.3. The third kappa shape index (κ3) is 5.17. The van der Waals surface area contributed by atoms with Crippen LogP contribution < -0.4 is 0 Å². The summed E-state index contributed by atoms with van der Waals surface area (Å²) in [7, 11) is -2.85. The monoisotopic (exact) mass is 433 g/mol. The van der Waals surface area contributed by atoms with Crippen LogP contribution in [0.2, 0.25) is 0 Å². The molecular formula is C21H23NO7S. The Morgan fingerprint density at radius 3 is 2.37 bits per heavy atom. The molecule has 1 amide bonds. The molecule has 0 aromatic heterocycles. The van der Waals surface area contributed by atoms with Gasteiger partial charge in [0.2, 0.25) is 0 Å². The lowest BCUT2D eigenvalue weighted by molar-refractivity contribution is -0.145. The molecule has 1 aliphatic rings. The van der Waals surface area contributed by atoms with Crippen molar-refractivity contribution in [2.75, 3.05) is 13.7 Å². The third-order valence-corrected chi connectivity index (χ3v) is 6.12. The van der Waals surface area contributed by atoms with Gasteiger partial charge in [-0.2, -0.15) is 8.42 Å². The van der Waals surface area contributed by atoms with Gasteiger partial charge in [0, 0.05) is 6.42 Å². The molecule has 0 bridgehead atoms. The molecule has 0 aliphatic carbocycles. The molecule has 2 aromatic rings. The molecule has 9 heteroatoms. The van der Waals surface area contributed by atoms with E-state index in [0.717, 1.165) is 16.0 Å². The SMILES string of the molecule is COC(=O)C1C[C@@H](OS(=O)(=O)c2ccc(C)cc2)CN1C(=O)OCc1ccccc1. The van der Waals surface area contributed by atoms with Crippen molar-refractivity contribution in [2.24, 2.45) is 0 Å². The van der Waals surface area contributed by atoms with Gasteiger partial charge in [-0.3, -0.25) is 9.08 Å². The number of hydrogen-bond donors (Lipinski definition) is 0. The Bertz CT molecular complexity index is 990. The summed E-state index contributed by atoms with van der Waals surface area (Å²) in [6.45, 7) is 1.75. The lowest BCUT2D eigenvalue weighted by atomic mass is 10.2. The van der Waals surface area contributed by atoms with E-state index in [1.54, 1.807) is 24.3 Å². The van der Waals surface area contributed by atoms with E-state index in [1.165, 1.54) is 19.2 Å². The van der Waals surface area contributed by atoms with Crippen LogP contribution in [-0.4, -0.2) is 51.2 Å². The highest BCUT2D eigenvalue weighted by atomic mass is 32.2. The highest BCUT2D eigenvalue weighted by Crippen LogP contribution is 2.26. The van der Waals surface area contributed by atoms with E-state index in [1.807, 2.05) is 25.1 Å². The molecule has 0 N–H and O–H groups in total. The van der Waals surface area contributed by atoms with Crippen LogP contribution in [0.1, 0.15) is 17.5 Å². The van der Waals surface area contributed by atoms with E-state index in [4.69, 9.17) is 13.7 Å². The minimum atomic E-state index is -4.05. The maximum absolute atomic E-state index is 12.6. The molecule has 0 saturated carbocycles. The van der Waals surface area contributed by atoms with Gasteiger partial charge in [0.15, 0.2) is 0 Å². The number of ether oxygens (including phenoxy) is 2. The number of rotatable bonds is 6. The summed E-state index contributed by atoms with van der Waals surface area (Å²) in [5, 5.41) is 0. The Balaban J connectivity index is 1.70. The fraction of sp³-hybridized carbons (Fsp3) is 0.333. The molecule has 3 rings (SSSR count). The summed E-state index contributed by atoms with van der Waals surface area (Å²) >= 11 is 0. The van der Waals surface area contributed by atoms with Crippen LogP contribution in [0.5, 0.6) is 0 Å². The Labute approximate surface area is 175 Å². The quantitative estimate of drug-likeness (QED) is 0.510. The van der Waals surface area contributed by atoms with E-state index < -0.39 is 34.3 Å². The summed E-state index contributed by atoms with van der Waals surface area (Å²) in [4.78, 5) is 25.9. The number of carbonyl (C=O) groups is 2. The Hall–Kier alpha value is -2.91. The van der Waals surface area contributed by atoms with E-state index in [-0.39, 0.29) is 24.5 Å². The van der Waals surface area contributed by atoms with Crippen LogP contribution in [0.4, 0.5) is 4.79 Å². The number of carbonyl (C=O) groups excluding carboxylic acids is 2. The largest absolute Gasteiger partial charge is 0.467 e. The normalized spacial score (nSPS) is 18.8. The average Bonchev–Trinajstić information content (AvgIpc) is 3.15. The van der Waals surface area contributed by atoms with Crippen molar-refractivity contribution in [3.05, 3.63) is 65.7 Å². The van der Waals surface area contributed by atoms with E-state index in [0.29, 0.717) is 0 Å². The highest BCUT2D eigenvalue weighted by Gasteiger charge is 2.43. The lowest BCUT2D eigenvalue weighted by Gasteiger charge is -2.21. The standard InChI is InChI=1S/C21H23NO7S/c1-15-8-10-18(11-9-15)30(25,26)29-17-12-19(20(23)27-2)22(13-17)21(24)28-14-16-6-4-3-5-7-16/h3-11,17,19H,12-14H2,1-2H3/t17-,19?/m1/s1. The molecule has 1 saturated heterocycles. The zero-order valence-corrected chi connectivity index (χ0v) is 17.5. The zero-order chi connectivity index (χ0) is 21.7. The van der Waals surface area contributed by atoms with Gasteiger partial charge >= 0.3 is 12.1 Å². The number of nitrogens with zero attached hydrogens (tertiary/aromatic N) is 1. The predicted octanol–water partition coefficient (Wildman–Crippen LogP) is 2.65. The minimum Gasteiger partial charge on any atom is -0.467 e. The number of aryl methyl sites for hydroxylation is 1. The number of methoxy groups -OCH3 is 1. The molecule has 1 aliphatic heterocycles. The van der Waals surface area contributed by atoms with Crippen molar-refractivity contribution in [1.29, 1.82) is 0 Å². The van der Waals surface area contributed by atoms with Gasteiger partial charge in [-0.05, 0) is 24.6 Å². The number of likely N-dealkylation sites (tertiary alicyclic amines) is 1. The van der Waals surface area contributed by atoms with Gasteiger partial charge in [0.1, 0.15) is 12.6 Å². The van der Waals surface area contributed by atoms with Gasteiger partial charge in [-0.15, -0.1) is 0 Å². The van der Waals surface area contributed by atoms with Crippen LogP contribution in [0.15, 0.2) is 59.5 Å². The molecule has 1 fully saturated rings. The first kappa shape index (κ1) is 21.8. The summed E-state index contributed by atoms with van der Waals surface area (Å²) < 4.78 is 40.5. The first-order valence-corrected chi connectivity index (χ1v) is 10.8. The van der Waals surface area contributed by atoms with Crippen LogP contribution >= 0.6 is 0 Å². The molecule has 8 nitrogen and oxygen atoms in total. The van der Waals surface area contributed by atoms with Crippen molar-refractivity contribution < 1.29 is 31.7 Å². The first-order valence-electron chi connectivity index (χ1n) is 9.35. The smallest absolute Gasteiger partial charge is 0.410 e. The number of esters is 1. The molecule has 30 heavy (non-hydrogen) atoms.